The predicted octanol–water partition coefficient (Wildman–Crippen LogP) is -0.349. The van der Waals surface area contributed by atoms with E-state index in [1.807, 2.05) is 0 Å². The van der Waals surface area contributed by atoms with Gasteiger partial charge in [0.05, 0.1) is 31.7 Å². The van der Waals surface area contributed by atoms with Gasteiger partial charge < -0.3 is 34.8 Å². The molecule has 0 radical (unpaired) electrons. The molecule has 11 atom stereocenters. The van der Waals surface area contributed by atoms with Gasteiger partial charge in [0, 0.05) is 11.3 Å². The first-order valence-corrected chi connectivity index (χ1v) is 15.5. The van der Waals surface area contributed by atoms with Crippen molar-refractivity contribution in [2.24, 2.45) is 17.3 Å². The number of aliphatic hydroxyl groups excluding tert-OH is 1. The standard InChI is InChI=1S/C18H26N8O9P2S/c1-6-8-3-32-37(30,38)35-13-11(27)9(21-5-19)7-2-18(7,13)4-31-36(29)34-12(6)16(33-8)26-14-10(24-25-26)15(28)23-17(20)22-14/h5-9,11-13,16,27,29H,2-4H2,1H3,(H2,19,21)(H,30,38)(H3,20,22,23,28)/t6-,7-,8-,9-,11+,12-,13+,16-,18?,36?,37+/m1/s1. The molecule has 4 fully saturated rings. The normalized spacial score (nSPS) is 44.9. The third kappa shape index (κ3) is 4.27. The number of nitrogens with one attached hydrogen (secondary N) is 3. The van der Waals surface area contributed by atoms with Crippen LogP contribution in [0.5, 0.6) is 0 Å². The number of fused-ring (bicyclic) bond motifs is 3. The lowest BCUT2D eigenvalue weighted by Gasteiger charge is -2.30. The van der Waals surface area contributed by atoms with Crippen molar-refractivity contribution in [3.63, 3.8) is 0 Å². The minimum atomic E-state index is -4.02. The van der Waals surface area contributed by atoms with E-state index in [0.29, 0.717) is 6.42 Å². The van der Waals surface area contributed by atoms with E-state index in [9.17, 15) is 19.4 Å². The van der Waals surface area contributed by atoms with Gasteiger partial charge >= 0.3 is 15.4 Å². The van der Waals surface area contributed by atoms with Crippen LogP contribution in [0.4, 0.5) is 5.95 Å². The molecule has 0 aromatic carbocycles. The summed E-state index contributed by atoms with van der Waals surface area (Å²) in [5, 5.41) is 28.9. The molecule has 2 unspecified atom stereocenters. The van der Waals surface area contributed by atoms with Gasteiger partial charge in [-0.05, 0) is 12.3 Å². The molecule has 0 amide bonds. The van der Waals surface area contributed by atoms with Crippen LogP contribution in [0.2, 0.25) is 0 Å². The summed E-state index contributed by atoms with van der Waals surface area (Å²) in [4.78, 5) is 29.5. The van der Waals surface area contributed by atoms with Crippen molar-refractivity contribution in [3.8, 4) is 0 Å². The molecule has 2 aromatic heterocycles. The van der Waals surface area contributed by atoms with Crippen LogP contribution < -0.4 is 16.6 Å². The molecule has 1 spiro atoms. The minimum Gasteiger partial charge on any atom is -0.388 e. The molecular weight excluding hydrogens is 566 g/mol. The Hall–Kier alpha value is -1.72. The summed E-state index contributed by atoms with van der Waals surface area (Å²) in [6.45, 7) is -2.58. The van der Waals surface area contributed by atoms with E-state index < -0.39 is 69.0 Å². The zero-order chi connectivity index (χ0) is 27.0. The van der Waals surface area contributed by atoms with Crippen LogP contribution in [0, 0.1) is 22.7 Å². The number of aromatic nitrogens is 5. The zero-order valence-electron chi connectivity index (χ0n) is 19.8. The van der Waals surface area contributed by atoms with Gasteiger partial charge in [0.2, 0.25) is 5.95 Å². The largest absolute Gasteiger partial charge is 0.388 e. The van der Waals surface area contributed by atoms with Crippen molar-refractivity contribution < 1.29 is 37.4 Å². The van der Waals surface area contributed by atoms with Crippen LogP contribution in [-0.4, -0.2) is 85.0 Å². The van der Waals surface area contributed by atoms with Crippen LogP contribution in [0.1, 0.15) is 19.6 Å². The number of aliphatic hydroxyl groups is 1. The average Bonchev–Trinajstić information content (AvgIpc) is 3.19. The summed E-state index contributed by atoms with van der Waals surface area (Å²) >= 11 is 4.13. The molecule has 2 saturated heterocycles. The highest BCUT2D eigenvalue weighted by Crippen LogP contribution is 2.69. The lowest BCUT2D eigenvalue weighted by Crippen LogP contribution is -2.44. The molecule has 2 saturated carbocycles. The Morgan fingerprint density at radius 3 is 3.03 bits per heavy atom. The molecule has 4 aliphatic rings. The summed E-state index contributed by atoms with van der Waals surface area (Å²) in [5.41, 5.74) is 4.28. The maximum Gasteiger partial charge on any atom is 0.386 e. The molecule has 2 aromatic rings. The number of thiol groups is 1. The molecule has 2 aliphatic carbocycles. The van der Waals surface area contributed by atoms with E-state index in [4.69, 9.17) is 34.0 Å². The minimum absolute atomic E-state index is 0.0401. The first kappa shape index (κ1) is 26.5. The number of aromatic amines is 1. The SMILES string of the molecule is C[C@H]1[C@H]2OP(O)OCC34C[C@@H]3[C@@H](NC=N)[C@H](O)[C@@H]4O[P@@](=O)(S)OC[C@H]1O[C@H]2n1nnc2c(=O)[nH]c(N)nc21. The maximum atomic E-state index is 13.3. The number of hydrogen-bond acceptors (Lipinski definition) is 14. The van der Waals surface area contributed by atoms with E-state index in [0.717, 1.165) is 6.34 Å². The molecule has 4 heterocycles. The Bertz CT molecular complexity index is 1360. The topological polar surface area (TPSA) is 242 Å². The third-order valence-corrected chi connectivity index (χ3v) is 10.1. The first-order chi connectivity index (χ1) is 18.0. The second-order valence-corrected chi connectivity index (χ2v) is 13.6. The Balaban J connectivity index is 1.32. The fraction of sp³-hybridized carbons (Fsp3) is 0.722. The maximum absolute atomic E-state index is 13.3. The fourth-order valence-corrected chi connectivity index (χ4v) is 8.16. The molecule has 6 rings (SSSR count). The fourth-order valence-electron chi connectivity index (χ4n) is 5.72. The lowest BCUT2D eigenvalue weighted by atomic mass is 10.0. The third-order valence-electron chi connectivity index (χ3n) is 7.73. The zero-order valence-corrected chi connectivity index (χ0v) is 22.5. The number of anilines is 1. The molecule has 2 bridgehead atoms. The second-order valence-electron chi connectivity index (χ2n) is 9.82. The number of nitrogens with two attached hydrogens (primary N) is 1. The van der Waals surface area contributed by atoms with Crippen LogP contribution in [0.15, 0.2) is 4.79 Å². The monoisotopic (exact) mass is 592 g/mol. The first-order valence-electron chi connectivity index (χ1n) is 11.7. The summed E-state index contributed by atoms with van der Waals surface area (Å²) in [6.07, 6.45) is -3.28. The van der Waals surface area contributed by atoms with Crippen molar-refractivity contribution in [1.82, 2.24) is 30.3 Å². The van der Waals surface area contributed by atoms with Gasteiger partial charge in [0.25, 0.3) is 5.56 Å². The number of nitrogens with zero attached hydrogens (tertiary/aromatic N) is 4. The molecule has 2 aliphatic heterocycles. The van der Waals surface area contributed by atoms with E-state index in [1.165, 1.54) is 4.68 Å². The van der Waals surface area contributed by atoms with Gasteiger partial charge in [0.15, 0.2) is 17.4 Å². The highest BCUT2D eigenvalue weighted by molar-refractivity contribution is 8.44. The van der Waals surface area contributed by atoms with E-state index in [-0.39, 0.29) is 36.2 Å². The van der Waals surface area contributed by atoms with Crippen LogP contribution >= 0.6 is 27.6 Å². The second kappa shape index (κ2) is 9.44. The van der Waals surface area contributed by atoms with E-state index in [1.54, 1.807) is 6.92 Å². The lowest BCUT2D eigenvalue weighted by molar-refractivity contribution is -0.0593. The molecule has 208 valence electrons. The van der Waals surface area contributed by atoms with Gasteiger partial charge in [-0.2, -0.15) is 9.67 Å². The van der Waals surface area contributed by atoms with Crippen molar-refractivity contribution in [3.05, 3.63) is 10.4 Å². The molecule has 17 nitrogen and oxygen atoms in total. The van der Waals surface area contributed by atoms with Gasteiger partial charge in [-0.3, -0.25) is 24.2 Å². The van der Waals surface area contributed by atoms with Crippen molar-refractivity contribution in [2.75, 3.05) is 18.9 Å². The van der Waals surface area contributed by atoms with Gasteiger partial charge in [-0.25, -0.2) is 4.57 Å². The average molecular weight is 592 g/mol. The number of rotatable bonds is 3. The number of nitrogen functional groups attached to an aromatic ring is 1. The van der Waals surface area contributed by atoms with Crippen molar-refractivity contribution in [1.29, 1.82) is 5.41 Å². The highest BCUT2D eigenvalue weighted by atomic mass is 32.7. The van der Waals surface area contributed by atoms with Gasteiger partial charge in [-0.15, -0.1) is 5.10 Å². The summed E-state index contributed by atoms with van der Waals surface area (Å²) in [5.74, 6) is -0.792. The number of hydrogen-bond donors (Lipinski definition) is 7. The van der Waals surface area contributed by atoms with E-state index in [2.05, 4.69) is 37.8 Å². The summed E-state index contributed by atoms with van der Waals surface area (Å²) < 4.78 is 43.6. The summed E-state index contributed by atoms with van der Waals surface area (Å²) in [6, 6.07) is -0.541. The van der Waals surface area contributed by atoms with Crippen LogP contribution in [0.3, 0.4) is 0 Å². The molecular formula is C18H26N8O9P2S. The Morgan fingerprint density at radius 2 is 2.26 bits per heavy atom. The molecule has 38 heavy (non-hydrogen) atoms. The van der Waals surface area contributed by atoms with Gasteiger partial charge in [-0.1, -0.05) is 24.4 Å². The quantitative estimate of drug-likeness (QED) is 0.104. The van der Waals surface area contributed by atoms with Gasteiger partial charge in [0.1, 0.15) is 18.3 Å². The van der Waals surface area contributed by atoms with Crippen molar-refractivity contribution >= 4 is 51.1 Å². The van der Waals surface area contributed by atoms with Crippen molar-refractivity contribution in [2.45, 2.75) is 50.0 Å². The highest BCUT2D eigenvalue weighted by Gasteiger charge is 2.73. The van der Waals surface area contributed by atoms with Crippen LogP contribution in [0.25, 0.3) is 11.2 Å². The van der Waals surface area contributed by atoms with E-state index >= 15 is 0 Å². The number of ether oxygens (including phenoxy) is 1. The Kier molecular flexibility index (Phi) is 6.58. The smallest absolute Gasteiger partial charge is 0.386 e. The summed E-state index contributed by atoms with van der Waals surface area (Å²) in [7, 11) is -2.47. The number of H-pyrrole nitrogens is 1. The molecule has 20 heteroatoms. The Morgan fingerprint density at radius 1 is 1.47 bits per heavy atom. The van der Waals surface area contributed by atoms with Crippen LogP contribution in [-0.2, 0) is 27.4 Å². The predicted molar refractivity (Wildman–Crippen MR) is 133 cm³/mol. The molecule has 7 N–H and O–H groups in total. The Labute approximate surface area is 220 Å².